The minimum atomic E-state index is -1.32. The number of carboxylic acids is 1. The number of benzene rings is 1. The molecule has 0 saturated carbocycles. The highest BCUT2D eigenvalue weighted by Gasteiger charge is 2.39. The number of ether oxygens (including phenoxy) is 2. The molecule has 150 valence electrons. The molecule has 2 N–H and O–H groups in total. The predicted octanol–water partition coefficient (Wildman–Crippen LogP) is 1.42. The summed E-state index contributed by atoms with van der Waals surface area (Å²) in [5, 5.41) is 14.8. The second kappa shape index (κ2) is 5.91. The van der Waals surface area contributed by atoms with Crippen molar-refractivity contribution < 1.29 is 23.8 Å². The number of fused-ring (bicyclic) bond motifs is 1. The van der Waals surface area contributed by atoms with Crippen LogP contribution >= 0.6 is 11.3 Å². The molecule has 8 nitrogen and oxygen atoms in total. The average molecular weight is 417 g/mol. The lowest BCUT2D eigenvalue weighted by molar-refractivity contribution is 0.0212. The van der Waals surface area contributed by atoms with Crippen LogP contribution in [0.2, 0.25) is 0 Å². The third kappa shape index (κ3) is 2.24. The Morgan fingerprint density at radius 3 is 3.03 bits per heavy atom. The number of carboxylic acid groups (broad SMARTS) is 1. The highest BCUT2D eigenvalue weighted by molar-refractivity contribution is 7.16. The number of carbonyl (C=O) groups is 1. The number of rotatable bonds is 2. The van der Waals surface area contributed by atoms with E-state index >= 15 is 4.39 Å². The molecule has 3 aromatic rings. The van der Waals surface area contributed by atoms with Crippen molar-refractivity contribution in [2.45, 2.75) is 18.8 Å². The second-order valence-electron chi connectivity index (χ2n) is 7.47. The Morgan fingerprint density at radius 1 is 1.38 bits per heavy atom. The Balaban J connectivity index is 1.65. The molecular formula is C19H16FN3O5S. The fraction of sp³-hybridized carbons (Fsp3) is 0.368. The first kappa shape index (κ1) is 17.2. The van der Waals surface area contributed by atoms with Crippen molar-refractivity contribution in [1.82, 2.24) is 9.72 Å². The quantitative estimate of drug-likeness (QED) is 0.652. The number of thiazole rings is 1. The van der Waals surface area contributed by atoms with Crippen molar-refractivity contribution in [3.8, 4) is 5.75 Å². The fourth-order valence-corrected chi connectivity index (χ4v) is 5.68. The number of anilines is 1. The van der Waals surface area contributed by atoms with Gasteiger partial charge in [0.2, 0.25) is 5.43 Å². The zero-order valence-electron chi connectivity index (χ0n) is 15.1. The van der Waals surface area contributed by atoms with E-state index in [1.165, 1.54) is 11.3 Å². The Kier molecular flexibility index (Phi) is 3.50. The number of halogens is 1. The van der Waals surface area contributed by atoms with Crippen LogP contribution in [0.25, 0.3) is 15.7 Å². The average Bonchev–Trinajstić information content (AvgIpc) is 3.31. The fourth-order valence-electron chi connectivity index (χ4n) is 4.65. The highest BCUT2D eigenvalue weighted by Crippen LogP contribution is 2.43. The molecule has 3 aliphatic heterocycles. The summed E-state index contributed by atoms with van der Waals surface area (Å²) in [6.45, 7) is 2.62. The zero-order valence-corrected chi connectivity index (χ0v) is 15.9. The van der Waals surface area contributed by atoms with Gasteiger partial charge in [-0.15, -0.1) is 11.3 Å². The lowest BCUT2D eigenvalue weighted by Gasteiger charge is -2.26. The molecule has 0 unspecified atom stereocenters. The van der Waals surface area contributed by atoms with Gasteiger partial charge in [-0.25, -0.2) is 9.18 Å². The third-order valence-electron chi connectivity index (χ3n) is 5.89. The van der Waals surface area contributed by atoms with Crippen LogP contribution in [-0.4, -0.2) is 53.9 Å². The Bertz CT molecular complexity index is 1250. The van der Waals surface area contributed by atoms with Gasteiger partial charge in [-0.1, -0.05) is 0 Å². The van der Waals surface area contributed by atoms with E-state index < -0.39 is 17.2 Å². The van der Waals surface area contributed by atoms with Crippen molar-refractivity contribution >= 4 is 38.7 Å². The van der Waals surface area contributed by atoms with E-state index in [0.717, 1.165) is 18.3 Å². The number of pyridine rings is 1. The molecular weight excluding hydrogens is 401 g/mol. The van der Waals surface area contributed by atoms with Crippen LogP contribution in [0.3, 0.4) is 0 Å². The molecule has 2 atom stereocenters. The number of nitrogens with one attached hydrogen (secondary N) is 1. The summed E-state index contributed by atoms with van der Waals surface area (Å²) in [6.07, 6.45) is -0.0385. The third-order valence-corrected chi connectivity index (χ3v) is 6.89. The van der Waals surface area contributed by atoms with Crippen molar-refractivity contribution in [3.63, 3.8) is 0 Å². The Labute approximate surface area is 167 Å². The van der Waals surface area contributed by atoms with Gasteiger partial charge in [0.05, 0.1) is 29.8 Å². The lowest BCUT2D eigenvalue weighted by Crippen LogP contribution is -2.47. The van der Waals surface area contributed by atoms with Crippen LogP contribution in [0, 0.1) is 5.82 Å². The standard InChI is InChI=1S/C19H16FN3O5S/c20-10-3-9-14-17(15(10)22-4-11-12(5-22)27-2-1-21-11)28-6-8-7-29-18(23(8)14)13(16(9)24)19(25)26/h3,7,11-12,21H,1-2,4-6H2,(H,25,26)/t11-,12+/m0/s1. The number of aromatic nitrogens is 1. The number of hydrogen-bond donors (Lipinski definition) is 2. The van der Waals surface area contributed by atoms with Crippen molar-refractivity contribution in [2.75, 3.05) is 31.1 Å². The SMILES string of the molecule is O=C(O)c1c(=O)c2cc(F)c(N3C[C@@H]4NCCO[C@@H]4C3)c3c2n2c(csc12)CO3. The van der Waals surface area contributed by atoms with Gasteiger partial charge in [0.15, 0.2) is 11.6 Å². The van der Waals surface area contributed by atoms with Gasteiger partial charge in [-0.3, -0.25) is 9.20 Å². The molecule has 1 aromatic carbocycles. The summed E-state index contributed by atoms with van der Waals surface area (Å²) in [4.78, 5) is 26.9. The summed E-state index contributed by atoms with van der Waals surface area (Å²) in [5.74, 6) is -1.63. The molecule has 0 aliphatic carbocycles. The molecule has 2 aromatic heterocycles. The maximum Gasteiger partial charge on any atom is 0.342 e. The molecule has 6 rings (SSSR count). The molecule has 3 aliphatic rings. The number of aromatic carboxylic acids is 1. The maximum absolute atomic E-state index is 15.3. The van der Waals surface area contributed by atoms with Crippen LogP contribution in [-0.2, 0) is 11.3 Å². The number of hydrogen-bond acceptors (Lipinski definition) is 7. The lowest BCUT2D eigenvalue weighted by atomic mass is 10.1. The maximum atomic E-state index is 15.3. The van der Waals surface area contributed by atoms with Crippen LogP contribution in [0.5, 0.6) is 5.75 Å². The van der Waals surface area contributed by atoms with Gasteiger partial charge in [0.1, 0.15) is 28.2 Å². The largest absolute Gasteiger partial charge is 0.483 e. The summed E-state index contributed by atoms with van der Waals surface area (Å²) in [6, 6.07) is 1.24. The van der Waals surface area contributed by atoms with Crippen molar-refractivity contribution in [2.24, 2.45) is 0 Å². The van der Waals surface area contributed by atoms with Gasteiger partial charge in [0, 0.05) is 25.0 Å². The summed E-state index contributed by atoms with van der Waals surface area (Å²) >= 11 is 1.18. The Hall–Kier alpha value is -2.69. The van der Waals surface area contributed by atoms with Crippen LogP contribution in [0.15, 0.2) is 16.2 Å². The first-order valence-electron chi connectivity index (χ1n) is 9.32. The molecule has 29 heavy (non-hydrogen) atoms. The van der Waals surface area contributed by atoms with Gasteiger partial charge in [-0.05, 0) is 6.07 Å². The van der Waals surface area contributed by atoms with Crippen LogP contribution < -0.4 is 20.4 Å². The van der Waals surface area contributed by atoms with Gasteiger partial charge in [0.25, 0.3) is 0 Å². The topological polar surface area (TPSA) is 92.5 Å². The van der Waals surface area contributed by atoms with Crippen LogP contribution in [0.1, 0.15) is 16.1 Å². The van der Waals surface area contributed by atoms with Gasteiger partial charge < -0.3 is 24.8 Å². The summed E-state index contributed by atoms with van der Waals surface area (Å²) in [7, 11) is 0. The van der Waals surface area contributed by atoms with E-state index in [-0.39, 0.29) is 35.5 Å². The van der Waals surface area contributed by atoms with E-state index in [9.17, 15) is 14.7 Å². The summed E-state index contributed by atoms with van der Waals surface area (Å²) < 4.78 is 28.7. The zero-order chi connectivity index (χ0) is 19.9. The molecule has 0 amide bonds. The minimum absolute atomic E-state index is 0.0153. The van der Waals surface area contributed by atoms with E-state index in [1.807, 2.05) is 4.90 Å². The molecule has 5 heterocycles. The molecule has 0 bridgehead atoms. The van der Waals surface area contributed by atoms with Crippen molar-refractivity contribution in [3.05, 3.63) is 38.7 Å². The van der Waals surface area contributed by atoms with Crippen molar-refractivity contribution in [1.29, 1.82) is 0 Å². The normalized spacial score (nSPS) is 23.0. The molecule has 0 radical (unpaired) electrons. The Morgan fingerprint density at radius 2 is 2.24 bits per heavy atom. The first-order chi connectivity index (χ1) is 14.0. The smallest absolute Gasteiger partial charge is 0.342 e. The summed E-state index contributed by atoms with van der Waals surface area (Å²) in [5.41, 5.74) is 0.433. The minimum Gasteiger partial charge on any atom is -0.483 e. The van der Waals surface area contributed by atoms with E-state index in [2.05, 4.69) is 5.32 Å². The van der Waals surface area contributed by atoms with E-state index in [4.69, 9.17) is 9.47 Å². The van der Waals surface area contributed by atoms with Crippen LogP contribution in [0.4, 0.5) is 10.1 Å². The molecule has 0 spiro atoms. The highest BCUT2D eigenvalue weighted by atomic mass is 32.1. The number of nitrogens with zero attached hydrogens (tertiary/aromatic N) is 2. The van der Waals surface area contributed by atoms with E-state index in [1.54, 1.807) is 9.78 Å². The van der Waals surface area contributed by atoms with E-state index in [0.29, 0.717) is 35.7 Å². The molecule has 2 fully saturated rings. The van der Waals surface area contributed by atoms with Gasteiger partial charge in [-0.2, -0.15) is 0 Å². The molecule has 10 heteroatoms. The predicted molar refractivity (Wildman–Crippen MR) is 104 cm³/mol. The second-order valence-corrected chi connectivity index (χ2v) is 8.33. The first-order valence-corrected chi connectivity index (χ1v) is 10.2. The monoisotopic (exact) mass is 417 g/mol. The molecule has 2 saturated heterocycles. The van der Waals surface area contributed by atoms with Gasteiger partial charge >= 0.3 is 5.97 Å². The number of morpholine rings is 1.